The van der Waals surface area contributed by atoms with Crippen molar-refractivity contribution in [1.29, 1.82) is 0 Å². The SMILES string of the molecule is CCc1cc(-c2ccco2)cc(CC)n1. The van der Waals surface area contributed by atoms with Crippen molar-refractivity contribution in [3.05, 3.63) is 41.9 Å². The zero-order valence-electron chi connectivity index (χ0n) is 9.16. The molecule has 0 amide bonds. The van der Waals surface area contributed by atoms with Crippen LogP contribution in [0.1, 0.15) is 25.2 Å². The Balaban J connectivity index is 2.47. The average molecular weight is 201 g/mol. The van der Waals surface area contributed by atoms with Crippen LogP contribution in [-0.2, 0) is 12.8 Å². The fraction of sp³-hybridized carbons (Fsp3) is 0.308. The topological polar surface area (TPSA) is 26.0 Å². The zero-order chi connectivity index (χ0) is 10.7. The van der Waals surface area contributed by atoms with Gasteiger partial charge in [0.2, 0.25) is 0 Å². The summed E-state index contributed by atoms with van der Waals surface area (Å²) >= 11 is 0. The van der Waals surface area contributed by atoms with Gasteiger partial charge in [0, 0.05) is 17.0 Å². The van der Waals surface area contributed by atoms with E-state index in [0.29, 0.717) is 0 Å². The first-order valence-corrected chi connectivity index (χ1v) is 5.37. The maximum Gasteiger partial charge on any atom is 0.133 e. The number of aryl methyl sites for hydroxylation is 2. The van der Waals surface area contributed by atoms with Crippen LogP contribution in [0.2, 0.25) is 0 Å². The Morgan fingerprint density at radius 2 is 1.80 bits per heavy atom. The Morgan fingerprint density at radius 3 is 2.27 bits per heavy atom. The van der Waals surface area contributed by atoms with Gasteiger partial charge in [0.05, 0.1) is 6.26 Å². The minimum absolute atomic E-state index is 0.918. The van der Waals surface area contributed by atoms with Crippen molar-refractivity contribution in [2.45, 2.75) is 26.7 Å². The van der Waals surface area contributed by atoms with Gasteiger partial charge in [-0.15, -0.1) is 0 Å². The third kappa shape index (κ3) is 2.09. The van der Waals surface area contributed by atoms with E-state index in [9.17, 15) is 0 Å². The number of aromatic nitrogens is 1. The standard InChI is InChI=1S/C13H15NO/c1-3-11-8-10(9-12(4-2)14-11)13-6-5-7-15-13/h5-9H,3-4H2,1-2H3. The second-order valence-corrected chi connectivity index (χ2v) is 3.52. The second-order valence-electron chi connectivity index (χ2n) is 3.52. The van der Waals surface area contributed by atoms with Crippen molar-refractivity contribution in [2.24, 2.45) is 0 Å². The van der Waals surface area contributed by atoms with E-state index < -0.39 is 0 Å². The van der Waals surface area contributed by atoms with Gasteiger partial charge in [-0.05, 0) is 37.1 Å². The van der Waals surface area contributed by atoms with Crippen molar-refractivity contribution in [3.8, 4) is 11.3 Å². The predicted octanol–water partition coefficient (Wildman–Crippen LogP) is 3.47. The van der Waals surface area contributed by atoms with Gasteiger partial charge >= 0.3 is 0 Å². The Kier molecular flexibility index (Phi) is 2.86. The lowest BCUT2D eigenvalue weighted by Gasteiger charge is -2.04. The maximum absolute atomic E-state index is 5.39. The minimum atomic E-state index is 0.918. The van der Waals surface area contributed by atoms with E-state index in [2.05, 4.69) is 31.0 Å². The number of nitrogens with zero attached hydrogens (tertiary/aromatic N) is 1. The maximum atomic E-state index is 5.39. The molecule has 0 atom stereocenters. The van der Waals surface area contributed by atoms with Crippen molar-refractivity contribution in [2.75, 3.05) is 0 Å². The smallest absolute Gasteiger partial charge is 0.133 e. The van der Waals surface area contributed by atoms with Crippen molar-refractivity contribution in [1.82, 2.24) is 4.98 Å². The third-order valence-electron chi connectivity index (χ3n) is 2.46. The van der Waals surface area contributed by atoms with Gasteiger partial charge in [-0.3, -0.25) is 4.98 Å². The molecule has 2 rings (SSSR count). The lowest BCUT2D eigenvalue weighted by atomic mass is 10.1. The lowest BCUT2D eigenvalue weighted by molar-refractivity contribution is 0.582. The molecule has 0 fully saturated rings. The Hall–Kier alpha value is -1.57. The highest BCUT2D eigenvalue weighted by Gasteiger charge is 2.04. The number of hydrogen-bond donors (Lipinski definition) is 0. The molecule has 0 bridgehead atoms. The molecule has 0 aliphatic carbocycles. The molecule has 0 saturated heterocycles. The molecule has 0 spiro atoms. The summed E-state index contributed by atoms with van der Waals surface area (Å²) in [6.45, 7) is 4.24. The van der Waals surface area contributed by atoms with Gasteiger partial charge in [0.15, 0.2) is 0 Å². The molecule has 0 aliphatic rings. The van der Waals surface area contributed by atoms with Crippen LogP contribution in [0.4, 0.5) is 0 Å². The van der Waals surface area contributed by atoms with E-state index >= 15 is 0 Å². The molecular formula is C13H15NO. The van der Waals surface area contributed by atoms with E-state index in [1.54, 1.807) is 6.26 Å². The summed E-state index contributed by atoms with van der Waals surface area (Å²) in [5.41, 5.74) is 3.38. The van der Waals surface area contributed by atoms with E-state index in [4.69, 9.17) is 4.42 Å². The van der Waals surface area contributed by atoms with Gasteiger partial charge in [-0.25, -0.2) is 0 Å². The van der Waals surface area contributed by atoms with Crippen LogP contribution >= 0.6 is 0 Å². The van der Waals surface area contributed by atoms with Crippen LogP contribution < -0.4 is 0 Å². The molecule has 0 aromatic carbocycles. The monoisotopic (exact) mass is 201 g/mol. The van der Waals surface area contributed by atoms with E-state index in [-0.39, 0.29) is 0 Å². The third-order valence-corrected chi connectivity index (χ3v) is 2.46. The number of hydrogen-bond acceptors (Lipinski definition) is 2. The molecule has 2 heteroatoms. The highest BCUT2D eigenvalue weighted by atomic mass is 16.3. The Labute approximate surface area is 90.0 Å². The largest absolute Gasteiger partial charge is 0.464 e. The first-order valence-electron chi connectivity index (χ1n) is 5.37. The summed E-state index contributed by atoms with van der Waals surface area (Å²) in [5.74, 6) is 0.918. The summed E-state index contributed by atoms with van der Waals surface area (Å²) in [7, 11) is 0. The quantitative estimate of drug-likeness (QED) is 0.760. The normalized spacial score (nSPS) is 10.5. The van der Waals surface area contributed by atoms with Crippen molar-refractivity contribution < 1.29 is 4.42 Å². The fourth-order valence-electron chi connectivity index (χ4n) is 1.60. The molecule has 2 nitrogen and oxygen atoms in total. The van der Waals surface area contributed by atoms with Gasteiger partial charge in [0.25, 0.3) is 0 Å². The molecule has 15 heavy (non-hydrogen) atoms. The summed E-state index contributed by atoms with van der Waals surface area (Å²) in [6, 6.07) is 8.08. The lowest BCUT2D eigenvalue weighted by Crippen LogP contribution is -1.94. The molecule has 0 radical (unpaired) electrons. The summed E-state index contributed by atoms with van der Waals surface area (Å²) in [6.07, 6.45) is 3.62. The Bertz CT molecular complexity index is 410. The van der Waals surface area contributed by atoms with Crippen molar-refractivity contribution >= 4 is 0 Å². The van der Waals surface area contributed by atoms with Crippen LogP contribution in [0.3, 0.4) is 0 Å². The number of pyridine rings is 1. The van der Waals surface area contributed by atoms with E-state index in [0.717, 1.165) is 35.6 Å². The highest BCUT2D eigenvalue weighted by molar-refractivity contribution is 5.58. The first kappa shape index (κ1) is 9.97. The van der Waals surface area contributed by atoms with Gasteiger partial charge in [0.1, 0.15) is 5.76 Å². The van der Waals surface area contributed by atoms with E-state index in [1.807, 2.05) is 12.1 Å². The molecule has 0 N–H and O–H groups in total. The van der Waals surface area contributed by atoms with E-state index in [1.165, 1.54) is 0 Å². The minimum Gasteiger partial charge on any atom is -0.464 e. The van der Waals surface area contributed by atoms with Crippen LogP contribution in [0.15, 0.2) is 34.9 Å². The molecule has 0 unspecified atom stereocenters. The summed E-state index contributed by atoms with van der Waals surface area (Å²) in [5, 5.41) is 0. The number of furan rings is 1. The van der Waals surface area contributed by atoms with Crippen LogP contribution in [-0.4, -0.2) is 4.98 Å². The first-order chi connectivity index (χ1) is 7.33. The second kappa shape index (κ2) is 4.30. The molecule has 0 saturated carbocycles. The van der Waals surface area contributed by atoms with Crippen LogP contribution in [0.5, 0.6) is 0 Å². The van der Waals surface area contributed by atoms with Gasteiger partial charge in [-0.1, -0.05) is 13.8 Å². The molecule has 2 aromatic heterocycles. The molecule has 2 aromatic rings. The zero-order valence-corrected chi connectivity index (χ0v) is 9.16. The van der Waals surface area contributed by atoms with Crippen molar-refractivity contribution in [3.63, 3.8) is 0 Å². The average Bonchev–Trinajstić information content (AvgIpc) is 2.81. The molecule has 78 valence electrons. The van der Waals surface area contributed by atoms with Crippen LogP contribution in [0.25, 0.3) is 11.3 Å². The summed E-state index contributed by atoms with van der Waals surface area (Å²) < 4.78 is 5.39. The number of rotatable bonds is 3. The molecule has 0 aliphatic heterocycles. The predicted molar refractivity (Wildman–Crippen MR) is 60.7 cm³/mol. The molecular weight excluding hydrogens is 186 g/mol. The van der Waals surface area contributed by atoms with Gasteiger partial charge in [-0.2, -0.15) is 0 Å². The van der Waals surface area contributed by atoms with Crippen LogP contribution in [0, 0.1) is 0 Å². The Morgan fingerprint density at radius 1 is 1.13 bits per heavy atom. The summed E-state index contributed by atoms with van der Waals surface area (Å²) in [4.78, 5) is 4.54. The van der Waals surface area contributed by atoms with Gasteiger partial charge < -0.3 is 4.42 Å². The molecule has 2 heterocycles. The fourth-order valence-corrected chi connectivity index (χ4v) is 1.60. The highest BCUT2D eigenvalue weighted by Crippen LogP contribution is 2.21.